The molecule has 3 rings (SSSR count). The summed E-state index contributed by atoms with van der Waals surface area (Å²) in [5, 5.41) is 0. The van der Waals surface area contributed by atoms with Crippen LogP contribution >= 0.6 is 0 Å². The molecule has 144 valence electrons. The Labute approximate surface area is 159 Å². The molecule has 2 fully saturated rings. The summed E-state index contributed by atoms with van der Waals surface area (Å²) in [7, 11) is 1.74. The number of piperidine rings is 1. The fraction of sp³-hybridized carbons (Fsp3) is 0.636. The molecule has 0 aromatic heterocycles. The predicted octanol–water partition coefficient (Wildman–Crippen LogP) is 3.46. The SMILES string of the molecule is C=C(c1ccc(C)c(OC)c1)N1CCC(N2CCN(C(C)C)CC2)CC1. The summed E-state index contributed by atoms with van der Waals surface area (Å²) in [6, 6.07) is 7.82. The summed E-state index contributed by atoms with van der Waals surface area (Å²) in [5.41, 5.74) is 3.48. The molecule has 0 atom stereocenters. The molecule has 2 saturated heterocycles. The summed E-state index contributed by atoms with van der Waals surface area (Å²) < 4.78 is 5.47. The van der Waals surface area contributed by atoms with Crippen LogP contribution in [0, 0.1) is 6.92 Å². The van der Waals surface area contributed by atoms with Crippen LogP contribution in [0.4, 0.5) is 0 Å². The number of rotatable bonds is 5. The monoisotopic (exact) mass is 357 g/mol. The van der Waals surface area contributed by atoms with Crippen molar-refractivity contribution < 1.29 is 4.74 Å². The maximum Gasteiger partial charge on any atom is 0.122 e. The van der Waals surface area contributed by atoms with Gasteiger partial charge in [-0.2, -0.15) is 0 Å². The van der Waals surface area contributed by atoms with E-state index in [9.17, 15) is 0 Å². The number of piperazine rings is 1. The smallest absolute Gasteiger partial charge is 0.122 e. The van der Waals surface area contributed by atoms with Crippen LogP contribution in [0.3, 0.4) is 0 Å². The van der Waals surface area contributed by atoms with E-state index in [0.717, 1.165) is 30.6 Å². The Morgan fingerprint density at radius 1 is 1.08 bits per heavy atom. The highest BCUT2D eigenvalue weighted by Gasteiger charge is 2.28. The van der Waals surface area contributed by atoms with E-state index in [0.29, 0.717) is 6.04 Å². The highest BCUT2D eigenvalue weighted by molar-refractivity contribution is 5.64. The van der Waals surface area contributed by atoms with Gasteiger partial charge in [0.25, 0.3) is 0 Å². The van der Waals surface area contributed by atoms with E-state index in [1.165, 1.54) is 50.1 Å². The molecule has 2 heterocycles. The third-order valence-electron chi connectivity index (χ3n) is 6.18. The third-order valence-corrected chi connectivity index (χ3v) is 6.18. The van der Waals surface area contributed by atoms with Gasteiger partial charge in [-0.05, 0) is 45.2 Å². The molecule has 0 bridgehead atoms. The summed E-state index contributed by atoms with van der Waals surface area (Å²) in [5.74, 6) is 0.946. The molecular weight excluding hydrogens is 322 g/mol. The van der Waals surface area contributed by atoms with Crippen LogP contribution in [0.15, 0.2) is 24.8 Å². The normalized spacial score (nSPS) is 20.6. The Hall–Kier alpha value is -1.52. The first-order chi connectivity index (χ1) is 12.5. The second-order valence-corrected chi connectivity index (χ2v) is 8.02. The molecule has 2 aliphatic heterocycles. The molecule has 1 aromatic rings. The predicted molar refractivity (Wildman–Crippen MR) is 110 cm³/mol. The number of benzene rings is 1. The topological polar surface area (TPSA) is 19.0 Å². The van der Waals surface area contributed by atoms with Gasteiger partial charge < -0.3 is 9.64 Å². The minimum atomic E-state index is 0.675. The largest absolute Gasteiger partial charge is 0.496 e. The van der Waals surface area contributed by atoms with Gasteiger partial charge in [-0.3, -0.25) is 9.80 Å². The number of hydrogen-bond acceptors (Lipinski definition) is 4. The van der Waals surface area contributed by atoms with E-state index in [-0.39, 0.29) is 0 Å². The quantitative estimate of drug-likeness (QED) is 0.803. The van der Waals surface area contributed by atoms with Crippen molar-refractivity contribution in [1.29, 1.82) is 0 Å². The molecule has 4 heteroatoms. The molecule has 0 unspecified atom stereocenters. The Morgan fingerprint density at radius 2 is 1.73 bits per heavy atom. The van der Waals surface area contributed by atoms with E-state index in [2.05, 4.69) is 60.2 Å². The van der Waals surface area contributed by atoms with Gasteiger partial charge in [0.15, 0.2) is 0 Å². The van der Waals surface area contributed by atoms with Crippen LogP contribution in [0.5, 0.6) is 5.75 Å². The van der Waals surface area contributed by atoms with Gasteiger partial charge in [0.1, 0.15) is 5.75 Å². The summed E-state index contributed by atoms with van der Waals surface area (Å²) in [6.45, 7) is 18.1. The number of nitrogens with zero attached hydrogens (tertiary/aromatic N) is 3. The van der Waals surface area contributed by atoms with Crippen LogP contribution in [-0.2, 0) is 0 Å². The van der Waals surface area contributed by atoms with Crippen LogP contribution in [0.25, 0.3) is 5.70 Å². The lowest BCUT2D eigenvalue weighted by Crippen LogP contribution is -2.54. The highest BCUT2D eigenvalue weighted by Crippen LogP contribution is 2.28. The molecule has 1 aromatic carbocycles. The lowest BCUT2D eigenvalue weighted by atomic mass is 10.00. The molecule has 0 N–H and O–H groups in total. The van der Waals surface area contributed by atoms with Crippen LogP contribution in [0.1, 0.15) is 37.8 Å². The van der Waals surface area contributed by atoms with Gasteiger partial charge in [-0.25, -0.2) is 0 Å². The Morgan fingerprint density at radius 3 is 2.31 bits per heavy atom. The average Bonchev–Trinajstić information content (AvgIpc) is 2.68. The van der Waals surface area contributed by atoms with E-state index in [1.54, 1.807) is 7.11 Å². The van der Waals surface area contributed by atoms with Gasteiger partial charge in [0.2, 0.25) is 0 Å². The molecule has 0 amide bonds. The van der Waals surface area contributed by atoms with Crippen molar-refractivity contribution in [2.75, 3.05) is 46.4 Å². The second kappa shape index (κ2) is 8.45. The van der Waals surface area contributed by atoms with Crippen molar-refractivity contribution in [1.82, 2.24) is 14.7 Å². The van der Waals surface area contributed by atoms with Crippen molar-refractivity contribution in [3.63, 3.8) is 0 Å². The first-order valence-corrected chi connectivity index (χ1v) is 10.1. The van der Waals surface area contributed by atoms with E-state index in [4.69, 9.17) is 4.74 Å². The zero-order valence-corrected chi connectivity index (χ0v) is 17.0. The zero-order valence-electron chi connectivity index (χ0n) is 17.0. The maximum absolute atomic E-state index is 5.47. The maximum atomic E-state index is 5.47. The Kier molecular flexibility index (Phi) is 6.25. The molecule has 0 spiro atoms. The number of aryl methyl sites for hydroxylation is 1. The number of likely N-dealkylation sites (tertiary alicyclic amines) is 1. The average molecular weight is 358 g/mol. The van der Waals surface area contributed by atoms with Gasteiger partial charge in [-0.15, -0.1) is 0 Å². The molecule has 4 nitrogen and oxygen atoms in total. The number of hydrogen-bond donors (Lipinski definition) is 0. The molecule has 26 heavy (non-hydrogen) atoms. The van der Waals surface area contributed by atoms with Crippen molar-refractivity contribution >= 4 is 5.70 Å². The Balaban J connectivity index is 1.53. The van der Waals surface area contributed by atoms with E-state index in [1.807, 2.05) is 0 Å². The molecule has 0 saturated carbocycles. The van der Waals surface area contributed by atoms with E-state index >= 15 is 0 Å². The highest BCUT2D eigenvalue weighted by atomic mass is 16.5. The third kappa shape index (κ3) is 4.24. The minimum Gasteiger partial charge on any atom is -0.496 e. The first-order valence-electron chi connectivity index (χ1n) is 10.1. The van der Waals surface area contributed by atoms with Crippen LogP contribution < -0.4 is 4.74 Å². The summed E-state index contributed by atoms with van der Waals surface area (Å²) in [6.07, 6.45) is 2.48. The van der Waals surface area contributed by atoms with Crippen molar-refractivity contribution in [2.45, 2.75) is 45.7 Å². The number of methoxy groups -OCH3 is 1. The van der Waals surface area contributed by atoms with Gasteiger partial charge >= 0.3 is 0 Å². The first kappa shape index (κ1) is 19.2. The van der Waals surface area contributed by atoms with Crippen LogP contribution in [0.2, 0.25) is 0 Å². The molecule has 2 aliphatic rings. The van der Waals surface area contributed by atoms with E-state index < -0.39 is 0 Å². The summed E-state index contributed by atoms with van der Waals surface area (Å²) >= 11 is 0. The van der Waals surface area contributed by atoms with Gasteiger partial charge in [0, 0.05) is 62.6 Å². The zero-order chi connectivity index (χ0) is 18.7. The fourth-order valence-electron chi connectivity index (χ4n) is 4.30. The van der Waals surface area contributed by atoms with Crippen LogP contribution in [-0.4, -0.2) is 73.2 Å². The second-order valence-electron chi connectivity index (χ2n) is 8.02. The lowest BCUT2D eigenvalue weighted by Gasteiger charge is -2.44. The van der Waals surface area contributed by atoms with Gasteiger partial charge in [0.05, 0.1) is 7.11 Å². The minimum absolute atomic E-state index is 0.675. The number of ether oxygens (including phenoxy) is 1. The Bertz CT molecular complexity index is 612. The summed E-state index contributed by atoms with van der Waals surface area (Å²) in [4.78, 5) is 7.76. The van der Waals surface area contributed by atoms with Gasteiger partial charge in [-0.1, -0.05) is 18.7 Å². The molecule has 0 radical (unpaired) electrons. The standard InChI is InChI=1S/C22H35N3O/c1-17(2)23-12-14-25(15-13-23)21-8-10-24(11-9-21)19(4)20-7-6-18(3)22(16-20)26-5/h6-7,16-17,21H,4,8-15H2,1-3,5H3. The lowest BCUT2D eigenvalue weighted by molar-refractivity contribution is 0.0569. The molecular formula is C22H35N3O. The molecule has 0 aliphatic carbocycles. The van der Waals surface area contributed by atoms with Crippen molar-refractivity contribution in [3.8, 4) is 5.75 Å². The van der Waals surface area contributed by atoms with Crippen molar-refractivity contribution in [2.24, 2.45) is 0 Å². The fourth-order valence-corrected chi connectivity index (χ4v) is 4.30. The van der Waals surface area contributed by atoms with Crippen molar-refractivity contribution in [3.05, 3.63) is 35.9 Å².